The zero-order valence-corrected chi connectivity index (χ0v) is 11.2. The van der Waals surface area contributed by atoms with Crippen LogP contribution in [-0.4, -0.2) is 48.9 Å². The van der Waals surface area contributed by atoms with E-state index in [2.05, 4.69) is 10.6 Å². The van der Waals surface area contributed by atoms with Gasteiger partial charge < -0.3 is 15.5 Å². The molecule has 2 aliphatic rings. The van der Waals surface area contributed by atoms with Gasteiger partial charge in [0.05, 0.1) is 5.92 Å². The Labute approximate surface area is 108 Å². The zero-order chi connectivity index (χ0) is 13.1. The van der Waals surface area contributed by atoms with Crippen molar-refractivity contribution in [2.24, 2.45) is 11.8 Å². The van der Waals surface area contributed by atoms with Gasteiger partial charge in [-0.05, 0) is 12.8 Å². The number of nitrogens with one attached hydrogen (secondary N) is 2. The van der Waals surface area contributed by atoms with Gasteiger partial charge in [-0.15, -0.1) is 0 Å². The highest BCUT2D eigenvalue weighted by atomic mass is 16.2. The van der Waals surface area contributed by atoms with Crippen LogP contribution in [0.3, 0.4) is 0 Å². The molecular formula is C13H23N3O2. The summed E-state index contributed by atoms with van der Waals surface area (Å²) >= 11 is 0. The summed E-state index contributed by atoms with van der Waals surface area (Å²) in [5, 5.41) is 6.17. The first kappa shape index (κ1) is 13.3. The SMILES string of the molecule is CC(C)C(=O)NC1CCN(C(=O)C2CNC2)CC1. The van der Waals surface area contributed by atoms with Crippen LogP contribution in [0, 0.1) is 11.8 Å². The number of amides is 2. The monoisotopic (exact) mass is 253 g/mol. The van der Waals surface area contributed by atoms with Gasteiger partial charge in [0.25, 0.3) is 0 Å². The second-order valence-electron chi connectivity index (χ2n) is 5.62. The maximum atomic E-state index is 12.0. The van der Waals surface area contributed by atoms with Crippen LogP contribution in [0.15, 0.2) is 0 Å². The van der Waals surface area contributed by atoms with E-state index in [0.717, 1.165) is 39.0 Å². The molecule has 0 bridgehead atoms. The molecule has 0 aromatic heterocycles. The van der Waals surface area contributed by atoms with Gasteiger partial charge in [-0.3, -0.25) is 9.59 Å². The topological polar surface area (TPSA) is 61.4 Å². The number of rotatable bonds is 3. The molecule has 0 aliphatic carbocycles. The first-order chi connectivity index (χ1) is 8.58. The van der Waals surface area contributed by atoms with Crippen molar-refractivity contribution in [1.82, 2.24) is 15.5 Å². The van der Waals surface area contributed by atoms with Crippen LogP contribution in [-0.2, 0) is 9.59 Å². The van der Waals surface area contributed by atoms with Gasteiger partial charge in [0.1, 0.15) is 0 Å². The maximum Gasteiger partial charge on any atom is 0.228 e. The van der Waals surface area contributed by atoms with Gasteiger partial charge in [0.15, 0.2) is 0 Å². The molecule has 0 saturated carbocycles. The minimum atomic E-state index is 0.0331. The Morgan fingerprint density at radius 3 is 2.28 bits per heavy atom. The molecule has 0 unspecified atom stereocenters. The smallest absolute Gasteiger partial charge is 0.228 e. The minimum absolute atomic E-state index is 0.0331. The van der Waals surface area contributed by atoms with Gasteiger partial charge in [0.2, 0.25) is 11.8 Å². The van der Waals surface area contributed by atoms with Crippen molar-refractivity contribution in [1.29, 1.82) is 0 Å². The fourth-order valence-corrected chi connectivity index (χ4v) is 2.33. The third kappa shape index (κ3) is 3.02. The van der Waals surface area contributed by atoms with E-state index in [1.165, 1.54) is 0 Å². The van der Waals surface area contributed by atoms with Crippen LogP contribution < -0.4 is 10.6 Å². The number of hydrogen-bond donors (Lipinski definition) is 2. The van der Waals surface area contributed by atoms with Crippen LogP contribution in [0.25, 0.3) is 0 Å². The lowest BCUT2D eigenvalue weighted by Crippen LogP contribution is -2.55. The van der Waals surface area contributed by atoms with Crippen LogP contribution in [0.1, 0.15) is 26.7 Å². The second kappa shape index (κ2) is 5.69. The highest BCUT2D eigenvalue weighted by Crippen LogP contribution is 2.15. The molecule has 0 atom stereocenters. The van der Waals surface area contributed by atoms with E-state index in [0.29, 0.717) is 0 Å². The first-order valence-corrected chi connectivity index (χ1v) is 6.88. The molecule has 0 aromatic carbocycles. The van der Waals surface area contributed by atoms with Crippen LogP contribution in [0.4, 0.5) is 0 Å². The lowest BCUT2D eigenvalue weighted by atomic mass is 9.98. The summed E-state index contributed by atoms with van der Waals surface area (Å²) in [7, 11) is 0. The Morgan fingerprint density at radius 2 is 1.83 bits per heavy atom. The third-order valence-electron chi connectivity index (χ3n) is 3.81. The summed E-state index contributed by atoms with van der Waals surface area (Å²) in [6.45, 7) is 7.00. The average Bonchev–Trinajstić information content (AvgIpc) is 2.27. The number of carbonyl (C=O) groups excluding carboxylic acids is 2. The minimum Gasteiger partial charge on any atom is -0.353 e. The molecule has 18 heavy (non-hydrogen) atoms. The predicted molar refractivity (Wildman–Crippen MR) is 68.9 cm³/mol. The number of hydrogen-bond acceptors (Lipinski definition) is 3. The van der Waals surface area contributed by atoms with E-state index in [9.17, 15) is 9.59 Å². The molecular weight excluding hydrogens is 230 g/mol. The lowest BCUT2D eigenvalue weighted by Gasteiger charge is -2.37. The molecule has 2 N–H and O–H groups in total. The van der Waals surface area contributed by atoms with Gasteiger partial charge in [0, 0.05) is 38.1 Å². The fourth-order valence-electron chi connectivity index (χ4n) is 2.33. The van der Waals surface area contributed by atoms with Gasteiger partial charge in [-0.25, -0.2) is 0 Å². The predicted octanol–water partition coefficient (Wildman–Crippen LogP) is -0.0310. The third-order valence-corrected chi connectivity index (χ3v) is 3.81. The normalized spacial score (nSPS) is 21.8. The van der Waals surface area contributed by atoms with Crippen molar-refractivity contribution in [3.05, 3.63) is 0 Å². The number of piperidine rings is 1. The zero-order valence-electron chi connectivity index (χ0n) is 11.2. The molecule has 2 rings (SSSR count). The summed E-state index contributed by atoms with van der Waals surface area (Å²) < 4.78 is 0. The van der Waals surface area contributed by atoms with Crippen LogP contribution in [0.2, 0.25) is 0 Å². The van der Waals surface area contributed by atoms with Crippen LogP contribution >= 0.6 is 0 Å². The average molecular weight is 253 g/mol. The molecule has 2 amide bonds. The maximum absolute atomic E-state index is 12.0. The van der Waals surface area contributed by atoms with Crippen LogP contribution in [0.5, 0.6) is 0 Å². The number of likely N-dealkylation sites (tertiary alicyclic amines) is 1. The first-order valence-electron chi connectivity index (χ1n) is 6.88. The highest BCUT2D eigenvalue weighted by Gasteiger charge is 2.31. The van der Waals surface area contributed by atoms with E-state index in [1.807, 2.05) is 18.7 Å². The molecule has 5 nitrogen and oxygen atoms in total. The molecule has 2 aliphatic heterocycles. The molecule has 2 saturated heterocycles. The lowest BCUT2D eigenvalue weighted by molar-refractivity contribution is -0.138. The van der Waals surface area contributed by atoms with Crippen molar-refractivity contribution < 1.29 is 9.59 Å². The van der Waals surface area contributed by atoms with Gasteiger partial charge in [-0.2, -0.15) is 0 Å². The van der Waals surface area contributed by atoms with E-state index < -0.39 is 0 Å². The number of carbonyl (C=O) groups is 2. The largest absolute Gasteiger partial charge is 0.353 e. The summed E-state index contributed by atoms with van der Waals surface area (Å²) in [6, 6.07) is 0.239. The molecule has 2 fully saturated rings. The fraction of sp³-hybridized carbons (Fsp3) is 0.846. The van der Waals surface area contributed by atoms with Crippen molar-refractivity contribution in [2.45, 2.75) is 32.7 Å². The molecule has 5 heteroatoms. The quantitative estimate of drug-likeness (QED) is 0.742. The summed E-state index contributed by atoms with van der Waals surface area (Å²) in [5.74, 6) is 0.614. The Bertz CT molecular complexity index is 318. The van der Waals surface area contributed by atoms with Crippen molar-refractivity contribution >= 4 is 11.8 Å². The second-order valence-corrected chi connectivity index (χ2v) is 5.62. The van der Waals surface area contributed by atoms with E-state index in [4.69, 9.17) is 0 Å². The van der Waals surface area contributed by atoms with E-state index in [-0.39, 0.29) is 29.7 Å². The Hall–Kier alpha value is -1.10. The number of nitrogens with zero attached hydrogens (tertiary/aromatic N) is 1. The standard InChI is InChI=1S/C13H23N3O2/c1-9(2)12(17)15-11-3-5-16(6-4-11)13(18)10-7-14-8-10/h9-11,14H,3-8H2,1-2H3,(H,15,17). The highest BCUT2D eigenvalue weighted by molar-refractivity contribution is 5.80. The molecule has 2 heterocycles. The Morgan fingerprint density at radius 1 is 1.22 bits per heavy atom. The van der Waals surface area contributed by atoms with E-state index >= 15 is 0 Å². The Kier molecular flexibility index (Phi) is 4.22. The van der Waals surface area contributed by atoms with Crippen molar-refractivity contribution in [3.8, 4) is 0 Å². The summed E-state index contributed by atoms with van der Waals surface area (Å²) in [4.78, 5) is 25.6. The van der Waals surface area contributed by atoms with Gasteiger partial charge >= 0.3 is 0 Å². The van der Waals surface area contributed by atoms with Gasteiger partial charge in [-0.1, -0.05) is 13.8 Å². The molecule has 0 aromatic rings. The van der Waals surface area contributed by atoms with E-state index in [1.54, 1.807) is 0 Å². The summed E-state index contributed by atoms with van der Waals surface area (Å²) in [6.07, 6.45) is 1.76. The van der Waals surface area contributed by atoms with Crippen molar-refractivity contribution in [3.63, 3.8) is 0 Å². The Balaban J connectivity index is 1.74. The molecule has 0 radical (unpaired) electrons. The van der Waals surface area contributed by atoms with Crippen molar-refractivity contribution in [2.75, 3.05) is 26.2 Å². The molecule has 102 valence electrons. The molecule has 0 spiro atoms. The summed E-state index contributed by atoms with van der Waals surface area (Å²) in [5.41, 5.74) is 0.